The highest BCUT2D eigenvalue weighted by molar-refractivity contribution is 9.10. The summed E-state index contributed by atoms with van der Waals surface area (Å²) in [5.41, 5.74) is 0.681. The minimum atomic E-state index is -1.21. The lowest BCUT2D eigenvalue weighted by Gasteiger charge is -2.38. The lowest BCUT2D eigenvalue weighted by Crippen LogP contribution is -2.52. The van der Waals surface area contributed by atoms with Gasteiger partial charge in [-0.15, -0.1) is 0 Å². The normalized spacial score (nSPS) is 25.3. The third-order valence-electron chi connectivity index (χ3n) is 3.34. The van der Waals surface area contributed by atoms with Crippen LogP contribution in [0.4, 0.5) is 0 Å². The standard InChI is InChI=1S/C14H18BrNO2S/c1-10-4-6-11(7-5-10)19(18)16-8-12(15)13(17)14(2,3)9-16/h4-7,12H,8-9H2,1-3H3. The average molecular weight is 344 g/mol. The topological polar surface area (TPSA) is 37.4 Å². The predicted molar refractivity (Wildman–Crippen MR) is 80.7 cm³/mol. The zero-order valence-corrected chi connectivity index (χ0v) is 13.8. The minimum absolute atomic E-state index is 0.185. The molecule has 0 saturated carbocycles. The summed E-state index contributed by atoms with van der Waals surface area (Å²) in [7, 11) is -1.21. The second-order valence-electron chi connectivity index (χ2n) is 5.60. The van der Waals surface area contributed by atoms with Crippen molar-refractivity contribution >= 4 is 32.7 Å². The number of aryl methyl sites for hydroxylation is 1. The van der Waals surface area contributed by atoms with Crippen molar-refractivity contribution in [2.45, 2.75) is 30.5 Å². The summed E-state index contributed by atoms with van der Waals surface area (Å²) in [6.07, 6.45) is 0. The van der Waals surface area contributed by atoms with Crippen LogP contribution < -0.4 is 0 Å². The summed E-state index contributed by atoms with van der Waals surface area (Å²) < 4.78 is 14.4. The van der Waals surface area contributed by atoms with Crippen molar-refractivity contribution in [3.63, 3.8) is 0 Å². The van der Waals surface area contributed by atoms with Crippen LogP contribution in [0.25, 0.3) is 0 Å². The summed E-state index contributed by atoms with van der Waals surface area (Å²) >= 11 is 3.40. The molecule has 1 saturated heterocycles. The molecule has 1 aliphatic rings. The van der Waals surface area contributed by atoms with Gasteiger partial charge in [-0.1, -0.05) is 47.5 Å². The van der Waals surface area contributed by atoms with E-state index in [1.54, 1.807) is 0 Å². The summed E-state index contributed by atoms with van der Waals surface area (Å²) in [5.74, 6) is 0.185. The first-order valence-corrected chi connectivity index (χ1v) is 8.25. The molecule has 3 nitrogen and oxygen atoms in total. The number of rotatable bonds is 2. The van der Waals surface area contributed by atoms with Crippen LogP contribution in [0.15, 0.2) is 29.2 Å². The Kier molecular flexibility index (Phi) is 4.28. The Morgan fingerprint density at radius 1 is 1.32 bits per heavy atom. The molecule has 1 fully saturated rings. The number of ketones is 1. The lowest BCUT2D eigenvalue weighted by atomic mass is 9.84. The number of hydrogen-bond donors (Lipinski definition) is 0. The second-order valence-corrected chi connectivity index (χ2v) is 8.19. The minimum Gasteiger partial charge on any atom is -0.298 e. The van der Waals surface area contributed by atoms with Crippen molar-refractivity contribution in [1.82, 2.24) is 4.31 Å². The van der Waals surface area contributed by atoms with Gasteiger partial charge in [0, 0.05) is 18.5 Å². The quantitative estimate of drug-likeness (QED) is 0.774. The van der Waals surface area contributed by atoms with Crippen LogP contribution in [-0.2, 0) is 15.8 Å². The van der Waals surface area contributed by atoms with Gasteiger partial charge in [-0.2, -0.15) is 0 Å². The average Bonchev–Trinajstić information content (AvgIpc) is 2.35. The van der Waals surface area contributed by atoms with Crippen LogP contribution >= 0.6 is 15.9 Å². The second kappa shape index (κ2) is 5.46. The Balaban J connectivity index is 2.20. The van der Waals surface area contributed by atoms with Crippen LogP contribution in [0.2, 0.25) is 0 Å². The van der Waals surface area contributed by atoms with Gasteiger partial charge in [0.2, 0.25) is 0 Å². The van der Waals surface area contributed by atoms with Crippen LogP contribution in [0, 0.1) is 12.3 Å². The molecule has 0 N–H and O–H groups in total. The molecule has 1 aromatic carbocycles. The summed E-state index contributed by atoms with van der Waals surface area (Å²) in [6.45, 7) is 6.82. The molecule has 0 spiro atoms. The van der Waals surface area contributed by atoms with Crippen LogP contribution in [0.3, 0.4) is 0 Å². The molecule has 104 valence electrons. The van der Waals surface area contributed by atoms with E-state index < -0.39 is 16.4 Å². The van der Waals surface area contributed by atoms with E-state index in [1.807, 2.05) is 49.3 Å². The fourth-order valence-corrected chi connectivity index (χ4v) is 4.75. The van der Waals surface area contributed by atoms with Gasteiger partial charge in [-0.05, 0) is 19.1 Å². The van der Waals surface area contributed by atoms with E-state index in [4.69, 9.17) is 0 Å². The first-order chi connectivity index (χ1) is 8.81. The van der Waals surface area contributed by atoms with Crippen molar-refractivity contribution in [1.29, 1.82) is 0 Å². The van der Waals surface area contributed by atoms with E-state index in [0.29, 0.717) is 13.1 Å². The van der Waals surface area contributed by atoms with Crippen molar-refractivity contribution in [3.8, 4) is 0 Å². The molecule has 2 unspecified atom stereocenters. The van der Waals surface area contributed by atoms with Gasteiger partial charge >= 0.3 is 0 Å². The molecule has 1 heterocycles. The monoisotopic (exact) mass is 343 g/mol. The van der Waals surface area contributed by atoms with Crippen LogP contribution in [-0.4, -0.2) is 32.2 Å². The molecule has 1 aliphatic heterocycles. The van der Waals surface area contributed by atoms with Crippen molar-refractivity contribution in [2.24, 2.45) is 5.41 Å². The van der Waals surface area contributed by atoms with Gasteiger partial charge in [-0.3, -0.25) is 4.79 Å². The number of nitrogens with zero attached hydrogens (tertiary/aromatic N) is 1. The molecule has 2 rings (SSSR count). The molecule has 0 amide bonds. The zero-order valence-electron chi connectivity index (χ0n) is 11.4. The van der Waals surface area contributed by atoms with Gasteiger partial charge in [0.15, 0.2) is 5.78 Å². The van der Waals surface area contributed by atoms with Gasteiger partial charge in [0.05, 0.1) is 9.72 Å². The van der Waals surface area contributed by atoms with E-state index in [-0.39, 0.29) is 10.6 Å². The Morgan fingerprint density at radius 3 is 2.42 bits per heavy atom. The van der Waals surface area contributed by atoms with E-state index in [1.165, 1.54) is 0 Å². The van der Waals surface area contributed by atoms with E-state index in [2.05, 4.69) is 15.9 Å². The smallest absolute Gasteiger partial charge is 0.154 e. The number of hydrogen-bond acceptors (Lipinski definition) is 2. The van der Waals surface area contributed by atoms with Crippen LogP contribution in [0.5, 0.6) is 0 Å². The highest BCUT2D eigenvalue weighted by Crippen LogP contribution is 2.30. The maximum atomic E-state index is 12.6. The number of carbonyl (C=O) groups excluding carboxylic acids is 1. The fraction of sp³-hybridized carbons (Fsp3) is 0.500. The summed E-state index contributed by atoms with van der Waals surface area (Å²) in [4.78, 5) is 12.6. The van der Waals surface area contributed by atoms with Crippen molar-refractivity contribution < 1.29 is 9.00 Å². The highest BCUT2D eigenvalue weighted by atomic mass is 79.9. The molecule has 2 atom stereocenters. The van der Waals surface area contributed by atoms with Gasteiger partial charge in [0.1, 0.15) is 11.0 Å². The Morgan fingerprint density at radius 2 is 1.89 bits per heavy atom. The first-order valence-electron chi connectivity index (χ1n) is 6.23. The Bertz CT molecular complexity index is 513. The Labute approximate surface area is 125 Å². The molecular formula is C14H18BrNO2S. The van der Waals surface area contributed by atoms with E-state index >= 15 is 0 Å². The maximum absolute atomic E-state index is 12.6. The number of alkyl halides is 1. The fourth-order valence-electron chi connectivity index (χ4n) is 2.20. The molecule has 19 heavy (non-hydrogen) atoms. The number of piperidine rings is 1. The molecule has 0 aliphatic carbocycles. The van der Waals surface area contributed by atoms with E-state index in [0.717, 1.165) is 10.5 Å². The maximum Gasteiger partial charge on any atom is 0.154 e. The Hall–Kier alpha value is -0.520. The summed E-state index contributed by atoms with van der Waals surface area (Å²) in [5, 5.41) is 0. The number of Topliss-reactive ketones (excluding diaryl/α,β-unsaturated/α-hetero) is 1. The van der Waals surface area contributed by atoms with Crippen LogP contribution in [0.1, 0.15) is 19.4 Å². The lowest BCUT2D eigenvalue weighted by molar-refractivity contribution is -0.129. The molecule has 0 aromatic heterocycles. The molecule has 0 radical (unpaired) electrons. The SMILES string of the molecule is Cc1ccc(S(=O)N2CC(Br)C(=O)C(C)(C)C2)cc1. The number of benzene rings is 1. The van der Waals surface area contributed by atoms with Crippen molar-refractivity contribution in [2.75, 3.05) is 13.1 Å². The van der Waals surface area contributed by atoms with Gasteiger partial charge < -0.3 is 0 Å². The third kappa shape index (κ3) is 3.15. The molecule has 1 aromatic rings. The van der Waals surface area contributed by atoms with Gasteiger partial charge in [-0.25, -0.2) is 8.51 Å². The molecule has 0 bridgehead atoms. The molecular weight excluding hydrogens is 326 g/mol. The number of carbonyl (C=O) groups is 1. The molecule has 5 heteroatoms. The highest BCUT2D eigenvalue weighted by Gasteiger charge is 2.41. The third-order valence-corrected chi connectivity index (χ3v) is 5.47. The first kappa shape index (κ1) is 14.9. The van der Waals surface area contributed by atoms with E-state index in [9.17, 15) is 9.00 Å². The van der Waals surface area contributed by atoms with Gasteiger partial charge in [0.25, 0.3) is 0 Å². The van der Waals surface area contributed by atoms with Crippen molar-refractivity contribution in [3.05, 3.63) is 29.8 Å². The zero-order chi connectivity index (χ0) is 14.2. The largest absolute Gasteiger partial charge is 0.298 e. The summed E-state index contributed by atoms with van der Waals surface area (Å²) in [6, 6.07) is 7.69. The number of halogens is 1. The predicted octanol–water partition coefficient (Wildman–Crippen LogP) is 2.69.